The number of hydrazine groups is 1. The molecule has 3 aromatic rings. The second kappa shape index (κ2) is 8.34. The summed E-state index contributed by atoms with van der Waals surface area (Å²) in [5.41, 5.74) is 2.65. The number of amides is 1. The van der Waals surface area contributed by atoms with E-state index in [9.17, 15) is 32.9 Å². The normalized spacial score (nSPS) is 11.5. The van der Waals surface area contributed by atoms with Gasteiger partial charge >= 0.3 is 6.18 Å². The third kappa shape index (κ3) is 4.66. The zero-order valence-electron chi connectivity index (χ0n) is 16.2. The van der Waals surface area contributed by atoms with Crippen molar-refractivity contribution >= 4 is 38.8 Å². The van der Waals surface area contributed by atoms with Crippen LogP contribution >= 0.6 is 11.3 Å². The Balaban J connectivity index is 1.68. The van der Waals surface area contributed by atoms with Crippen LogP contribution in [0.25, 0.3) is 10.2 Å². The zero-order chi connectivity index (χ0) is 22.9. The predicted octanol–water partition coefficient (Wildman–Crippen LogP) is 3.54. The van der Waals surface area contributed by atoms with Gasteiger partial charge in [-0.2, -0.15) is 13.2 Å². The number of carbonyl (C=O) groups is 1. The van der Waals surface area contributed by atoms with Crippen LogP contribution in [0.3, 0.4) is 0 Å². The Bertz CT molecular complexity index is 1240. The average molecular weight is 455 g/mol. The molecule has 3 rings (SSSR count). The minimum Gasteiger partial charge on any atom is -0.298 e. The van der Waals surface area contributed by atoms with E-state index in [2.05, 4.69) is 15.8 Å². The molecule has 1 amide bonds. The second-order valence-corrected chi connectivity index (χ2v) is 7.82. The zero-order valence-corrected chi connectivity index (χ0v) is 17.1. The summed E-state index contributed by atoms with van der Waals surface area (Å²) in [6, 6.07) is 1.89. The number of rotatable bonds is 6. The third-order valence-corrected chi connectivity index (χ3v) is 5.71. The van der Waals surface area contributed by atoms with Crippen LogP contribution in [-0.2, 0) is 17.5 Å². The molecule has 1 aromatic carbocycles. The van der Waals surface area contributed by atoms with E-state index < -0.39 is 28.3 Å². The molecule has 0 aliphatic carbocycles. The molecule has 0 aliphatic rings. The monoisotopic (exact) mass is 455 g/mol. The van der Waals surface area contributed by atoms with E-state index in [4.69, 9.17) is 0 Å². The Morgan fingerprint density at radius 1 is 1.32 bits per heavy atom. The molecule has 31 heavy (non-hydrogen) atoms. The van der Waals surface area contributed by atoms with E-state index >= 15 is 0 Å². The van der Waals surface area contributed by atoms with Gasteiger partial charge in [0.2, 0.25) is 5.91 Å². The van der Waals surface area contributed by atoms with E-state index in [1.54, 1.807) is 0 Å². The van der Waals surface area contributed by atoms with Gasteiger partial charge in [-0.15, -0.1) is 11.3 Å². The number of carbonyl (C=O) groups excluding carboxylic acids is 1. The maximum absolute atomic E-state index is 12.7. The molecule has 0 aliphatic heterocycles. The van der Waals surface area contributed by atoms with E-state index in [-0.39, 0.29) is 24.2 Å². The fraction of sp³-hybridized carbons (Fsp3) is 0.278. The molecule has 0 saturated heterocycles. The number of halogens is 3. The lowest BCUT2D eigenvalue weighted by Crippen LogP contribution is -2.31. The van der Waals surface area contributed by atoms with Crippen LogP contribution in [0.4, 0.5) is 24.5 Å². The number of nitro benzene ring substituents is 1. The molecule has 164 valence electrons. The Labute approximate surface area is 176 Å². The van der Waals surface area contributed by atoms with Gasteiger partial charge in [-0.3, -0.25) is 35.1 Å². The topological polar surface area (TPSA) is 119 Å². The van der Waals surface area contributed by atoms with Crippen molar-refractivity contribution in [3.8, 4) is 0 Å². The third-order valence-electron chi connectivity index (χ3n) is 4.59. The molecule has 0 radical (unpaired) electrons. The number of thiophene rings is 1. The van der Waals surface area contributed by atoms with Crippen molar-refractivity contribution in [2.45, 2.75) is 33.0 Å². The first kappa shape index (κ1) is 22.2. The van der Waals surface area contributed by atoms with Gasteiger partial charge < -0.3 is 0 Å². The van der Waals surface area contributed by atoms with Crippen LogP contribution in [0.5, 0.6) is 0 Å². The summed E-state index contributed by atoms with van der Waals surface area (Å²) in [6.07, 6.45) is -3.58. The van der Waals surface area contributed by atoms with Crippen molar-refractivity contribution in [3.63, 3.8) is 0 Å². The number of alkyl halides is 3. The molecule has 0 unspecified atom stereocenters. The van der Waals surface area contributed by atoms with E-state index in [0.717, 1.165) is 16.5 Å². The Morgan fingerprint density at radius 2 is 2.03 bits per heavy atom. The van der Waals surface area contributed by atoms with Crippen molar-refractivity contribution in [2.24, 2.45) is 0 Å². The van der Waals surface area contributed by atoms with E-state index in [0.29, 0.717) is 22.3 Å². The number of nitro groups is 1. The van der Waals surface area contributed by atoms with Crippen LogP contribution < -0.4 is 16.4 Å². The maximum Gasteiger partial charge on any atom is 0.416 e. The summed E-state index contributed by atoms with van der Waals surface area (Å²) in [7, 11) is 0. The number of hydrogen-bond donors (Lipinski definition) is 2. The predicted molar refractivity (Wildman–Crippen MR) is 108 cm³/mol. The van der Waals surface area contributed by atoms with Gasteiger partial charge in [-0.1, -0.05) is 0 Å². The number of fused-ring (bicyclic) bond motifs is 1. The highest BCUT2D eigenvalue weighted by Gasteiger charge is 2.33. The smallest absolute Gasteiger partial charge is 0.298 e. The Hall–Kier alpha value is -3.48. The van der Waals surface area contributed by atoms with Gasteiger partial charge in [-0.05, 0) is 31.5 Å². The van der Waals surface area contributed by atoms with Crippen LogP contribution in [0.2, 0.25) is 0 Å². The maximum atomic E-state index is 12.7. The number of anilines is 1. The molecule has 2 aromatic heterocycles. The minimum absolute atomic E-state index is 0.00126. The summed E-state index contributed by atoms with van der Waals surface area (Å²) in [5, 5.41) is 11.6. The number of nitrogens with one attached hydrogen (secondary N) is 2. The van der Waals surface area contributed by atoms with Gasteiger partial charge in [0, 0.05) is 23.9 Å². The summed E-state index contributed by atoms with van der Waals surface area (Å²) < 4.78 is 39.5. The minimum atomic E-state index is -4.74. The molecule has 0 saturated carbocycles. The Morgan fingerprint density at radius 3 is 2.68 bits per heavy atom. The van der Waals surface area contributed by atoms with Crippen LogP contribution in [0.1, 0.15) is 22.4 Å². The van der Waals surface area contributed by atoms with E-state index in [1.165, 1.54) is 22.2 Å². The molecular formula is C18H16F3N5O4S. The van der Waals surface area contributed by atoms with E-state index in [1.807, 2.05) is 13.8 Å². The number of nitrogens with zero attached hydrogens (tertiary/aromatic N) is 3. The van der Waals surface area contributed by atoms with Gasteiger partial charge in [0.25, 0.3) is 11.2 Å². The summed E-state index contributed by atoms with van der Waals surface area (Å²) in [5.74, 6) is -0.626. The van der Waals surface area contributed by atoms with Crippen molar-refractivity contribution in [3.05, 3.63) is 61.0 Å². The standard InChI is InChI=1S/C18H16F3N5O4S/c1-9-10(2)31-16-15(9)17(28)25(8-22-16)6-5-14(27)24-23-12-4-3-11(18(19,20)21)7-13(12)26(29)30/h3-4,7-8,23H,5-6H2,1-2H3,(H,24,27). The number of hydrogen-bond acceptors (Lipinski definition) is 7. The largest absolute Gasteiger partial charge is 0.416 e. The van der Waals surface area contributed by atoms with Crippen LogP contribution in [0, 0.1) is 24.0 Å². The van der Waals surface area contributed by atoms with Gasteiger partial charge in [-0.25, -0.2) is 4.98 Å². The highest BCUT2D eigenvalue weighted by molar-refractivity contribution is 7.18. The SMILES string of the molecule is Cc1sc2ncn(CCC(=O)NNc3ccc(C(F)(F)F)cc3[N+](=O)[O-])c(=O)c2c1C. The molecule has 0 fully saturated rings. The first-order valence-electron chi connectivity index (χ1n) is 8.84. The molecule has 2 heterocycles. The highest BCUT2D eigenvalue weighted by atomic mass is 32.1. The van der Waals surface area contributed by atoms with Gasteiger partial charge in [0.15, 0.2) is 0 Å². The fourth-order valence-electron chi connectivity index (χ4n) is 2.82. The van der Waals surface area contributed by atoms with Gasteiger partial charge in [0.1, 0.15) is 10.5 Å². The number of benzene rings is 1. The highest BCUT2D eigenvalue weighted by Crippen LogP contribution is 2.34. The van der Waals surface area contributed by atoms with Crippen molar-refractivity contribution in [1.82, 2.24) is 15.0 Å². The van der Waals surface area contributed by atoms with Crippen molar-refractivity contribution in [1.29, 1.82) is 0 Å². The first-order chi connectivity index (χ1) is 14.5. The first-order valence-corrected chi connectivity index (χ1v) is 9.66. The number of aromatic nitrogens is 2. The molecule has 13 heteroatoms. The molecule has 9 nitrogen and oxygen atoms in total. The summed E-state index contributed by atoms with van der Waals surface area (Å²) in [4.78, 5) is 40.6. The fourth-order valence-corrected chi connectivity index (χ4v) is 3.80. The molecular weight excluding hydrogens is 439 g/mol. The van der Waals surface area contributed by atoms with Crippen molar-refractivity contribution in [2.75, 3.05) is 5.43 Å². The number of aryl methyl sites for hydroxylation is 3. The van der Waals surface area contributed by atoms with Gasteiger partial charge in [0.05, 0.1) is 22.2 Å². The average Bonchev–Trinajstić information content (AvgIpc) is 2.99. The Kier molecular flexibility index (Phi) is 5.97. The molecule has 2 N–H and O–H groups in total. The summed E-state index contributed by atoms with van der Waals surface area (Å²) >= 11 is 1.40. The van der Waals surface area contributed by atoms with Crippen LogP contribution in [0.15, 0.2) is 29.3 Å². The summed E-state index contributed by atoms with van der Waals surface area (Å²) in [6.45, 7) is 3.69. The molecule has 0 spiro atoms. The lowest BCUT2D eigenvalue weighted by molar-refractivity contribution is -0.384. The quantitative estimate of drug-likeness (QED) is 0.434. The van der Waals surface area contributed by atoms with Crippen LogP contribution in [-0.4, -0.2) is 20.4 Å². The lowest BCUT2D eigenvalue weighted by atomic mass is 10.1. The second-order valence-electron chi connectivity index (χ2n) is 6.62. The molecule has 0 bridgehead atoms. The lowest BCUT2D eigenvalue weighted by Gasteiger charge is -2.12. The van der Waals surface area contributed by atoms with Crippen molar-refractivity contribution < 1.29 is 22.9 Å². The molecule has 0 atom stereocenters.